The van der Waals surface area contributed by atoms with Crippen molar-refractivity contribution in [2.45, 2.75) is 19.0 Å². The van der Waals surface area contributed by atoms with E-state index in [1.165, 1.54) is 5.56 Å². The number of nitrogens with zero attached hydrogens (tertiary/aromatic N) is 3. The maximum atomic E-state index is 12.6. The Morgan fingerprint density at radius 3 is 2.64 bits per heavy atom. The van der Waals surface area contributed by atoms with Crippen molar-refractivity contribution in [2.24, 2.45) is 5.92 Å². The van der Waals surface area contributed by atoms with Crippen LogP contribution in [-0.4, -0.2) is 67.6 Å². The number of carbonyl (C=O) groups is 1. The van der Waals surface area contributed by atoms with Gasteiger partial charge in [0.05, 0.1) is 13.5 Å². The van der Waals surface area contributed by atoms with Crippen LogP contribution < -0.4 is 10.1 Å². The van der Waals surface area contributed by atoms with Crippen LogP contribution in [0.5, 0.6) is 5.75 Å². The lowest BCUT2D eigenvalue weighted by atomic mass is 10.0. The second-order valence-electron chi connectivity index (χ2n) is 7.78. The molecule has 0 aliphatic carbocycles. The molecule has 0 spiro atoms. The van der Waals surface area contributed by atoms with Crippen LogP contribution in [0.25, 0.3) is 0 Å². The van der Waals surface area contributed by atoms with E-state index < -0.39 is 0 Å². The molecular weight excluding hydrogens is 352 g/mol. The van der Waals surface area contributed by atoms with Gasteiger partial charge in [-0.3, -0.25) is 14.7 Å². The summed E-state index contributed by atoms with van der Waals surface area (Å²) in [7, 11) is 5.81. The van der Waals surface area contributed by atoms with Gasteiger partial charge < -0.3 is 15.0 Å². The average Bonchev–Trinajstić information content (AvgIpc) is 3.03. The summed E-state index contributed by atoms with van der Waals surface area (Å²) in [6, 6.07) is 11.9. The third kappa shape index (κ3) is 5.78. The largest absolute Gasteiger partial charge is 0.497 e. The Morgan fingerprint density at radius 2 is 2.00 bits per heavy atom. The summed E-state index contributed by atoms with van der Waals surface area (Å²) in [5, 5.41) is 3.27. The van der Waals surface area contributed by atoms with Crippen molar-refractivity contribution >= 4 is 5.91 Å². The zero-order valence-corrected chi connectivity index (χ0v) is 17.0. The first kappa shape index (κ1) is 20.3. The first-order chi connectivity index (χ1) is 13.5. The minimum absolute atomic E-state index is 0.0714. The van der Waals surface area contributed by atoms with Crippen LogP contribution >= 0.6 is 0 Å². The first-order valence-corrected chi connectivity index (χ1v) is 9.72. The minimum Gasteiger partial charge on any atom is -0.497 e. The number of aromatic nitrogens is 1. The minimum atomic E-state index is 0.0714. The van der Waals surface area contributed by atoms with Crippen LogP contribution in [0.4, 0.5) is 0 Å². The van der Waals surface area contributed by atoms with Gasteiger partial charge in [-0.2, -0.15) is 0 Å². The number of rotatable bonds is 8. The quantitative estimate of drug-likeness (QED) is 0.755. The summed E-state index contributed by atoms with van der Waals surface area (Å²) in [6.07, 6.45) is 4.10. The lowest BCUT2D eigenvalue weighted by Crippen LogP contribution is -2.43. The Kier molecular flexibility index (Phi) is 7.01. The number of amides is 1. The van der Waals surface area contributed by atoms with Crippen molar-refractivity contribution in [3.63, 3.8) is 0 Å². The number of hydrogen-bond donors (Lipinski definition) is 1. The second kappa shape index (κ2) is 9.66. The number of carbonyl (C=O) groups excluding carboxylic acids is 1. The first-order valence-electron chi connectivity index (χ1n) is 9.72. The van der Waals surface area contributed by atoms with Gasteiger partial charge in [-0.25, -0.2) is 0 Å². The van der Waals surface area contributed by atoms with E-state index in [9.17, 15) is 4.79 Å². The number of methoxy groups -OCH3 is 1. The highest BCUT2D eigenvalue weighted by Crippen LogP contribution is 2.20. The van der Waals surface area contributed by atoms with Crippen molar-refractivity contribution in [1.29, 1.82) is 0 Å². The Labute approximate surface area is 167 Å². The van der Waals surface area contributed by atoms with Gasteiger partial charge in [-0.15, -0.1) is 0 Å². The van der Waals surface area contributed by atoms with Crippen molar-refractivity contribution in [2.75, 3.05) is 40.8 Å². The van der Waals surface area contributed by atoms with Gasteiger partial charge in [0.15, 0.2) is 0 Å². The summed E-state index contributed by atoms with van der Waals surface area (Å²) in [4.78, 5) is 21.4. The number of pyridine rings is 1. The number of nitrogens with one attached hydrogen (secondary N) is 1. The fourth-order valence-corrected chi connectivity index (χ4v) is 3.84. The summed E-state index contributed by atoms with van der Waals surface area (Å²) in [5.41, 5.74) is 2.20. The predicted octanol–water partition coefficient (Wildman–Crippen LogP) is 1.81. The molecule has 2 aromatic rings. The van der Waals surface area contributed by atoms with Crippen LogP contribution in [0, 0.1) is 5.92 Å². The highest BCUT2D eigenvalue weighted by atomic mass is 16.5. The fraction of sp³-hybridized carbons (Fsp3) is 0.455. The number of ether oxygens (including phenoxy) is 1. The molecule has 2 heterocycles. The molecule has 6 nitrogen and oxygen atoms in total. The standard InChI is InChI=1S/C22H30N4O2/c1-25(2)14-19-15-26(13-18-5-4-10-23-12-18)16-21(19)24-22(27)11-17-6-8-20(28-3)9-7-17/h4-10,12,19,21H,11,13-16H2,1-3H3,(H,24,27)/t19-,21-/m1/s1. The molecule has 0 saturated carbocycles. The molecular formula is C22H30N4O2. The molecule has 2 atom stereocenters. The van der Waals surface area contributed by atoms with Crippen molar-refractivity contribution in [3.05, 3.63) is 59.9 Å². The van der Waals surface area contributed by atoms with E-state index in [2.05, 4.69) is 40.3 Å². The molecule has 1 aliphatic rings. The molecule has 1 aromatic heterocycles. The van der Waals surface area contributed by atoms with Crippen molar-refractivity contribution < 1.29 is 9.53 Å². The van der Waals surface area contributed by atoms with E-state index in [1.807, 2.05) is 36.5 Å². The van der Waals surface area contributed by atoms with E-state index in [0.29, 0.717) is 12.3 Å². The maximum absolute atomic E-state index is 12.6. The molecule has 1 amide bonds. The predicted molar refractivity (Wildman–Crippen MR) is 110 cm³/mol. The van der Waals surface area contributed by atoms with E-state index in [0.717, 1.165) is 37.5 Å². The molecule has 1 aliphatic heterocycles. The summed E-state index contributed by atoms with van der Waals surface area (Å²) in [5.74, 6) is 1.28. The molecule has 6 heteroatoms. The molecule has 1 fully saturated rings. The van der Waals surface area contributed by atoms with Gasteiger partial charge in [0.1, 0.15) is 5.75 Å². The topological polar surface area (TPSA) is 57.7 Å². The second-order valence-corrected chi connectivity index (χ2v) is 7.78. The molecule has 0 radical (unpaired) electrons. The molecule has 1 aromatic carbocycles. The monoisotopic (exact) mass is 382 g/mol. The Balaban J connectivity index is 1.59. The third-order valence-corrected chi connectivity index (χ3v) is 5.12. The lowest BCUT2D eigenvalue weighted by Gasteiger charge is -2.23. The van der Waals surface area contributed by atoms with Crippen LogP contribution in [-0.2, 0) is 17.8 Å². The summed E-state index contributed by atoms with van der Waals surface area (Å²) < 4.78 is 5.18. The molecule has 28 heavy (non-hydrogen) atoms. The number of hydrogen-bond acceptors (Lipinski definition) is 5. The van der Waals surface area contributed by atoms with Crippen LogP contribution in [0.3, 0.4) is 0 Å². The molecule has 0 unspecified atom stereocenters. The SMILES string of the molecule is COc1ccc(CC(=O)N[C@@H]2CN(Cc3cccnc3)C[C@H]2CN(C)C)cc1. The van der Waals surface area contributed by atoms with Crippen LogP contribution in [0.1, 0.15) is 11.1 Å². The highest BCUT2D eigenvalue weighted by Gasteiger charge is 2.33. The Morgan fingerprint density at radius 1 is 1.21 bits per heavy atom. The number of benzene rings is 1. The maximum Gasteiger partial charge on any atom is 0.224 e. The van der Waals surface area contributed by atoms with Gasteiger partial charge in [-0.1, -0.05) is 18.2 Å². The average molecular weight is 383 g/mol. The molecule has 0 bridgehead atoms. The van der Waals surface area contributed by atoms with Gasteiger partial charge in [-0.05, 0) is 43.4 Å². The van der Waals surface area contributed by atoms with E-state index >= 15 is 0 Å². The Bertz CT molecular complexity index is 749. The third-order valence-electron chi connectivity index (χ3n) is 5.12. The zero-order valence-electron chi connectivity index (χ0n) is 17.0. The fourth-order valence-electron chi connectivity index (χ4n) is 3.84. The molecule has 3 rings (SSSR count). The van der Waals surface area contributed by atoms with Gasteiger partial charge in [0.2, 0.25) is 5.91 Å². The van der Waals surface area contributed by atoms with E-state index in [1.54, 1.807) is 13.3 Å². The van der Waals surface area contributed by atoms with Gasteiger partial charge in [0.25, 0.3) is 0 Å². The lowest BCUT2D eigenvalue weighted by molar-refractivity contribution is -0.121. The molecule has 150 valence electrons. The van der Waals surface area contributed by atoms with Crippen LogP contribution in [0.2, 0.25) is 0 Å². The summed E-state index contributed by atoms with van der Waals surface area (Å²) >= 11 is 0. The van der Waals surface area contributed by atoms with Crippen LogP contribution in [0.15, 0.2) is 48.8 Å². The van der Waals surface area contributed by atoms with Gasteiger partial charge >= 0.3 is 0 Å². The Hall–Kier alpha value is -2.44. The van der Waals surface area contributed by atoms with E-state index in [-0.39, 0.29) is 11.9 Å². The highest BCUT2D eigenvalue weighted by molar-refractivity contribution is 5.79. The zero-order chi connectivity index (χ0) is 19.9. The van der Waals surface area contributed by atoms with E-state index in [4.69, 9.17) is 4.74 Å². The van der Waals surface area contributed by atoms with Gasteiger partial charge in [0, 0.05) is 50.5 Å². The smallest absolute Gasteiger partial charge is 0.224 e. The normalized spacial score (nSPS) is 19.7. The van der Waals surface area contributed by atoms with Crippen molar-refractivity contribution in [3.8, 4) is 5.75 Å². The molecule has 1 saturated heterocycles. The summed E-state index contributed by atoms with van der Waals surface area (Å²) in [6.45, 7) is 3.65. The van der Waals surface area contributed by atoms with Crippen molar-refractivity contribution in [1.82, 2.24) is 20.1 Å². The molecule has 1 N–H and O–H groups in total. The number of likely N-dealkylation sites (tertiary alicyclic amines) is 1.